The second-order valence-corrected chi connectivity index (χ2v) is 6.47. The molecule has 3 fully saturated rings. The maximum Gasteiger partial charge on any atom is 0.327 e. The average Bonchev–Trinajstić information content (AvgIpc) is 2.94. The molecule has 1 saturated carbocycles. The number of carbonyl (C=O) groups excluding carboxylic acids is 2. The van der Waals surface area contributed by atoms with Gasteiger partial charge in [0.25, 0.3) is 5.91 Å². The predicted molar refractivity (Wildman–Crippen MR) is 69.4 cm³/mol. The van der Waals surface area contributed by atoms with Gasteiger partial charge in [-0.05, 0) is 44.4 Å². The van der Waals surface area contributed by atoms with Gasteiger partial charge in [-0.1, -0.05) is 6.92 Å². The van der Waals surface area contributed by atoms with Gasteiger partial charge >= 0.3 is 6.03 Å². The van der Waals surface area contributed by atoms with Gasteiger partial charge in [0.2, 0.25) is 0 Å². The molecule has 0 aromatic carbocycles. The van der Waals surface area contributed by atoms with Crippen molar-refractivity contribution in [2.45, 2.75) is 57.1 Å². The van der Waals surface area contributed by atoms with Crippen molar-refractivity contribution < 1.29 is 14.7 Å². The summed E-state index contributed by atoms with van der Waals surface area (Å²) in [6.45, 7) is 3.05. The van der Waals surface area contributed by atoms with E-state index >= 15 is 0 Å². The summed E-state index contributed by atoms with van der Waals surface area (Å²) in [4.78, 5) is 27.4. The molecule has 5 nitrogen and oxygen atoms in total. The number of hydrogen-bond acceptors (Lipinski definition) is 3. The van der Waals surface area contributed by atoms with Crippen LogP contribution in [0.1, 0.15) is 45.4 Å². The Bertz CT molecular complexity index is 379. The number of rotatable bonds is 2. The SMILES string of the molecule is CC1CCC(O)(CN2C(=O)C3CCCN3C2=O)CC1. The maximum absolute atomic E-state index is 12.2. The monoisotopic (exact) mass is 266 g/mol. The van der Waals surface area contributed by atoms with Crippen molar-refractivity contribution in [3.05, 3.63) is 0 Å². The highest BCUT2D eigenvalue weighted by molar-refractivity contribution is 6.04. The van der Waals surface area contributed by atoms with E-state index in [2.05, 4.69) is 6.92 Å². The minimum atomic E-state index is -0.864. The zero-order valence-electron chi connectivity index (χ0n) is 11.5. The van der Waals surface area contributed by atoms with Crippen molar-refractivity contribution in [3.8, 4) is 0 Å². The lowest BCUT2D eigenvalue weighted by atomic mass is 9.79. The van der Waals surface area contributed by atoms with E-state index in [1.165, 1.54) is 4.90 Å². The van der Waals surface area contributed by atoms with Crippen LogP contribution in [0.15, 0.2) is 0 Å². The van der Waals surface area contributed by atoms with Gasteiger partial charge < -0.3 is 10.0 Å². The summed E-state index contributed by atoms with van der Waals surface area (Å²) >= 11 is 0. The minimum absolute atomic E-state index is 0.102. The van der Waals surface area contributed by atoms with Gasteiger partial charge in [0, 0.05) is 6.54 Å². The normalized spacial score (nSPS) is 39.1. The molecule has 1 N–H and O–H groups in total. The van der Waals surface area contributed by atoms with Crippen molar-refractivity contribution in [2.75, 3.05) is 13.1 Å². The molecule has 1 aliphatic carbocycles. The molecule has 106 valence electrons. The number of fused-ring (bicyclic) bond motifs is 1. The molecule has 1 atom stereocenters. The lowest BCUT2D eigenvalue weighted by Crippen LogP contribution is -2.48. The Labute approximate surface area is 113 Å². The summed E-state index contributed by atoms with van der Waals surface area (Å²) in [6.07, 6.45) is 5.01. The molecule has 5 heteroatoms. The molecule has 1 unspecified atom stereocenters. The second-order valence-electron chi connectivity index (χ2n) is 6.47. The van der Waals surface area contributed by atoms with Crippen molar-refractivity contribution in [2.24, 2.45) is 5.92 Å². The van der Waals surface area contributed by atoms with Crippen LogP contribution in [-0.2, 0) is 4.79 Å². The summed E-state index contributed by atoms with van der Waals surface area (Å²) in [6, 6.07) is -0.446. The van der Waals surface area contributed by atoms with Gasteiger partial charge in [-0.25, -0.2) is 4.79 Å². The fraction of sp³-hybridized carbons (Fsp3) is 0.857. The van der Waals surface area contributed by atoms with Gasteiger partial charge in [0.1, 0.15) is 6.04 Å². The molecule has 0 aromatic heterocycles. The molecule has 0 bridgehead atoms. The Morgan fingerprint density at radius 1 is 1.26 bits per heavy atom. The summed E-state index contributed by atoms with van der Waals surface area (Å²) in [5, 5.41) is 10.6. The first-order valence-electron chi connectivity index (χ1n) is 7.34. The number of carbonyl (C=O) groups is 2. The number of aliphatic hydroxyl groups is 1. The van der Waals surface area contributed by atoms with E-state index in [-0.39, 0.29) is 24.5 Å². The van der Waals surface area contributed by atoms with Gasteiger partial charge in [-0.2, -0.15) is 0 Å². The third-order valence-corrected chi connectivity index (χ3v) is 4.94. The van der Waals surface area contributed by atoms with Gasteiger partial charge in [0.05, 0.1) is 12.1 Å². The largest absolute Gasteiger partial charge is 0.388 e. The fourth-order valence-electron chi connectivity index (χ4n) is 3.58. The highest BCUT2D eigenvalue weighted by Gasteiger charge is 2.49. The smallest absolute Gasteiger partial charge is 0.327 e. The lowest BCUT2D eigenvalue weighted by Gasteiger charge is -2.36. The van der Waals surface area contributed by atoms with E-state index in [0.29, 0.717) is 25.3 Å². The van der Waals surface area contributed by atoms with E-state index in [9.17, 15) is 14.7 Å². The first-order chi connectivity index (χ1) is 9.00. The number of β-amino-alcohol motifs (C(OH)–C–C–N with tert-alkyl or cyclic N) is 1. The van der Waals surface area contributed by atoms with Crippen LogP contribution < -0.4 is 0 Å². The van der Waals surface area contributed by atoms with Crippen LogP contribution in [0, 0.1) is 5.92 Å². The zero-order chi connectivity index (χ0) is 13.6. The van der Waals surface area contributed by atoms with E-state index in [1.54, 1.807) is 4.90 Å². The van der Waals surface area contributed by atoms with Crippen LogP contribution in [0.3, 0.4) is 0 Å². The molecule has 2 saturated heterocycles. The number of hydrogen-bond donors (Lipinski definition) is 1. The zero-order valence-corrected chi connectivity index (χ0v) is 11.5. The van der Waals surface area contributed by atoms with Gasteiger partial charge in [0.15, 0.2) is 0 Å². The minimum Gasteiger partial charge on any atom is -0.388 e. The summed E-state index contributed by atoms with van der Waals surface area (Å²) in [5.41, 5.74) is -0.864. The van der Waals surface area contributed by atoms with Crippen LogP contribution in [0.2, 0.25) is 0 Å². The highest BCUT2D eigenvalue weighted by atomic mass is 16.3. The standard InChI is InChI=1S/C14H22N2O3/c1-10-4-6-14(19,7-5-10)9-16-12(17)11-3-2-8-15(11)13(16)18/h10-11,19H,2-9H2,1H3. The quantitative estimate of drug-likeness (QED) is 0.768. The maximum atomic E-state index is 12.2. The molecular formula is C14H22N2O3. The molecule has 0 aromatic rings. The first-order valence-corrected chi connectivity index (χ1v) is 7.34. The van der Waals surface area contributed by atoms with Crippen LogP contribution in [0.4, 0.5) is 4.79 Å². The number of nitrogens with zero attached hydrogens (tertiary/aromatic N) is 2. The Morgan fingerprint density at radius 3 is 2.58 bits per heavy atom. The van der Waals surface area contributed by atoms with Crippen molar-refractivity contribution in [3.63, 3.8) is 0 Å². The Hall–Kier alpha value is -1.10. The number of imide groups is 1. The Balaban J connectivity index is 1.70. The van der Waals surface area contributed by atoms with Crippen LogP contribution in [0.5, 0.6) is 0 Å². The summed E-state index contributed by atoms with van der Waals surface area (Å²) < 4.78 is 0. The van der Waals surface area contributed by atoms with Crippen LogP contribution in [0.25, 0.3) is 0 Å². The summed E-state index contributed by atoms with van der Waals surface area (Å²) in [7, 11) is 0. The Kier molecular flexibility index (Phi) is 3.04. The van der Waals surface area contributed by atoms with Crippen molar-refractivity contribution in [1.82, 2.24) is 9.80 Å². The first kappa shape index (κ1) is 12.9. The third-order valence-electron chi connectivity index (χ3n) is 4.94. The van der Waals surface area contributed by atoms with Gasteiger partial charge in [-0.15, -0.1) is 0 Å². The summed E-state index contributed by atoms with van der Waals surface area (Å²) in [5.74, 6) is 0.530. The molecule has 2 aliphatic heterocycles. The lowest BCUT2D eigenvalue weighted by molar-refractivity contribution is -0.131. The molecule has 2 heterocycles. The van der Waals surface area contributed by atoms with E-state index in [4.69, 9.17) is 0 Å². The molecular weight excluding hydrogens is 244 g/mol. The third kappa shape index (κ3) is 2.14. The molecule has 19 heavy (non-hydrogen) atoms. The number of amides is 3. The molecule has 0 spiro atoms. The van der Waals surface area contributed by atoms with E-state index in [1.807, 2.05) is 0 Å². The Morgan fingerprint density at radius 2 is 1.95 bits per heavy atom. The predicted octanol–water partition coefficient (Wildman–Crippen LogP) is 1.35. The molecule has 3 aliphatic rings. The van der Waals surface area contributed by atoms with Gasteiger partial charge in [-0.3, -0.25) is 9.69 Å². The molecule has 0 radical (unpaired) electrons. The second kappa shape index (κ2) is 4.47. The molecule has 3 amide bonds. The topological polar surface area (TPSA) is 60.9 Å². The van der Waals surface area contributed by atoms with Crippen LogP contribution >= 0.6 is 0 Å². The van der Waals surface area contributed by atoms with Crippen molar-refractivity contribution >= 4 is 11.9 Å². The van der Waals surface area contributed by atoms with Crippen molar-refractivity contribution in [1.29, 1.82) is 0 Å². The fourth-order valence-corrected chi connectivity index (χ4v) is 3.58. The van der Waals surface area contributed by atoms with E-state index in [0.717, 1.165) is 25.7 Å². The van der Waals surface area contributed by atoms with Crippen LogP contribution in [-0.4, -0.2) is 51.6 Å². The highest BCUT2D eigenvalue weighted by Crippen LogP contribution is 2.35. The average molecular weight is 266 g/mol. The van der Waals surface area contributed by atoms with E-state index < -0.39 is 5.60 Å². The number of urea groups is 1. The molecule has 3 rings (SSSR count).